The lowest BCUT2D eigenvalue weighted by Crippen LogP contribution is -1.96. The number of nitrogens with zero attached hydrogens (tertiary/aromatic N) is 2. The average Bonchev–Trinajstić information content (AvgIpc) is 2.92. The molecule has 0 amide bonds. The number of ether oxygens (including phenoxy) is 1. The van der Waals surface area contributed by atoms with Crippen molar-refractivity contribution in [2.45, 2.75) is 13.8 Å². The number of hydrogen-bond donors (Lipinski definition) is 1. The highest BCUT2D eigenvalue weighted by molar-refractivity contribution is 5.89. The van der Waals surface area contributed by atoms with Gasteiger partial charge in [0.05, 0.1) is 15.9 Å². The SMILES string of the molecule is C=C(/C=C\C(=C/C)[N+](=O)[O-])Oc1ccnc2[nH]cc(C#CC)c12. The van der Waals surface area contributed by atoms with Gasteiger partial charge in [-0.15, -0.1) is 5.92 Å². The molecule has 0 unspecified atom stereocenters. The first kappa shape index (κ1) is 16.0. The summed E-state index contributed by atoms with van der Waals surface area (Å²) in [6.45, 7) is 7.09. The molecule has 0 fully saturated rings. The van der Waals surface area contributed by atoms with Crippen molar-refractivity contribution in [2.75, 3.05) is 0 Å². The Bertz CT molecular complexity index is 879. The van der Waals surface area contributed by atoms with Gasteiger partial charge < -0.3 is 9.72 Å². The van der Waals surface area contributed by atoms with Crippen LogP contribution in [0.5, 0.6) is 5.75 Å². The zero-order valence-corrected chi connectivity index (χ0v) is 12.8. The summed E-state index contributed by atoms with van der Waals surface area (Å²) in [6, 6.07) is 1.69. The molecule has 2 aromatic rings. The molecule has 2 rings (SSSR count). The molecule has 0 aliphatic carbocycles. The smallest absolute Gasteiger partial charge is 0.265 e. The Morgan fingerprint density at radius 3 is 2.96 bits per heavy atom. The van der Waals surface area contributed by atoms with Crippen LogP contribution in [0.3, 0.4) is 0 Å². The summed E-state index contributed by atoms with van der Waals surface area (Å²) in [5.74, 6) is 6.61. The lowest BCUT2D eigenvalue weighted by molar-refractivity contribution is -0.419. The number of fused-ring (bicyclic) bond motifs is 1. The zero-order valence-electron chi connectivity index (χ0n) is 12.8. The van der Waals surface area contributed by atoms with Crippen LogP contribution < -0.4 is 4.74 Å². The third-order valence-electron chi connectivity index (χ3n) is 2.98. The number of H-pyrrole nitrogens is 1. The molecule has 0 atom stereocenters. The summed E-state index contributed by atoms with van der Waals surface area (Å²) in [5.41, 5.74) is 1.38. The fourth-order valence-electron chi connectivity index (χ4n) is 1.96. The third-order valence-corrected chi connectivity index (χ3v) is 2.98. The Labute approximate surface area is 133 Å². The van der Waals surface area contributed by atoms with Gasteiger partial charge in [0.25, 0.3) is 5.70 Å². The third kappa shape index (κ3) is 3.66. The minimum atomic E-state index is -0.477. The number of aromatic amines is 1. The monoisotopic (exact) mass is 309 g/mol. The Balaban J connectivity index is 2.29. The molecule has 0 aromatic carbocycles. The van der Waals surface area contributed by atoms with Gasteiger partial charge in [0.15, 0.2) is 0 Å². The van der Waals surface area contributed by atoms with Gasteiger partial charge in [-0.1, -0.05) is 12.5 Å². The first-order valence-electron chi connectivity index (χ1n) is 6.81. The van der Waals surface area contributed by atoms with Crippen LogP contribution in [0.15, 0.2) is 54.7 Å². The van der Waals surface area contributed by atoms with Crippen molar-refractivity contribution in [3.05, 3.63) is 70.4 Å². The van der Waals surface area contributed by atoms with E-state index in [1.165, 1.54) is 18.2 Å². The summed E-state index contributed by atoms with van der Waals surface area (Å²) in [6.07, 6.45) is 7.54. The molecular weight excluding hydrogens is 294 g/mol. The maximum atomic E-state index is 10.7. The summed E-state index contributed by atoms with van der Waals surface area (Å²) >= 11 is 0. The van der Waals surface area contributed by atoms with Crippen molar-refractivity contribution in [3.63, 3.8) is 0 Å². The van der Waals surface area contributed by atoms with Crippen LogP contribution in [0, 0.1) is 22.0 Å². The molecule has 2 heterocycles. The van der Waals surface area contributed by atoms with E-state index in [1.54, 1.807) is 32.3 Å². The van der Waals surface area contributed by atoms with Crippen molar-refractivity contribution in [2.24, 2.45) is 0 Å². The van der Waals surface area contributed by atoms with E-state index < -0.39 is 4.92 Å². The number of pyridine rings is 1. The highest BCUT2D eigenvalue weighted by atomic mass is 16.6. The molecule has 0 spiro atoms. The van der Waals surface area contributed by atoms with E-state index in [1.807, 2.05) is 0 Å². The fraction of sp³-hybridized carbons (Fsp3) is 0.118. The molecule has 6 nitrogen and oxygen atoms in total. The fourth-order valence-corrected chi connectivity index (χ4v) is 1.96. The van der Waals surface area contributed by atoms with Gasteiger partial charge in [-0.25, -0.2) is 4.98 Å². The predicted molar refractivity (Wildman–Crippen MR) is 88.3 cm³/mol. The van der Waals surface area contributed by atoms with Crippen molar-refractivity contribution >= 4 is 11.0 Å². The molecule has 0 aliphatic heterocycles. The molecule has 0 aliphatic rings. The summed E-state index contributed by atoms with van der Waals surface area (Å²) < 4.78 is 5.69. The first-order valence-corrected chi connectivity index (χ1v) is 6.81. The van der Waals surface area contributed by atoms with E-state index in [2.05, 4.69) is 28.4 Å². The first-order chi connectivity index (χ1) is 11.1. The van der Waals surface area contributed by atoms with Crippen LogP contribution in [0.4, 0.5) is 0 Å². The van der Waals surface area contributed by atoms with Crippen molar-refractivity contribution in [1.29, 1.82) is 0 Å². The highest BCUT2D eigenvalue weighted by Gasteiger charge is 2.10. The Hall–Kier alpha value is -3.33. The second-order valence-electron chi connectivity index (χ2n) is 4.48. The van der Waals surface area contributed by atoms with Crippen molar-refractivity contribution in [1.82, 2.24) is 9.97 Å². The minimum absolute atomic E-state index is 0.0335. The van der Waals surface area contributed by atoms with Crippen molar-refractivity contribution in [3.8, 4) is 17.6 Å². The zero-order chi connectivity index (χ0) is 16.8. The number of nitrogens with one attached hydrogen (secondary N) is 1. The Morgan fingerprint density at radius 1 is 1.52 bits per heavy atom. The largest absolute Gasteiger partial charge is 0.457 e. The second kappa shape index (κ2) is 7.09. The van der Waals surface area contributed by atoms with Gasteiger partial charge in [0.1, 0.15) is 17.2 Å². The normalized spacial score (nSPS) is 11.3. The minimum Gasteiger partial charge on any atom is -0.457 e. The number of rotatable bonds is 5. The maximum absolute atomic E-state index is 10.7. The predicted octanol–water partition coefficient (Wildman–Crippen LogP) is 3.56. The molecule has 6 heteroatoms. The van der Waals surface area contributed by atoms with Crippen LogP contribution in [0.25, 0.3) is 11.0 Å². The second-order valence-corrected chi connectivity index (χ2v) is 4.48. The molecule has 1 N–H and O–H groups in total. The number of aromatic nitrogens is 2. The van der Waals surface area contributed by atoms with Crippen LogP contribution in [0.2, 0.25) is 0 Å². The van der Waals surface area contributed by atoms with Crippen LogP contribution in [-0.4, -0.2) is 14.9 Å². The molecule has 23 heavy (non-hydrogen) atoms. The van der Waals surface area contributed by atoms with Crippen LogP contribution in [0.1, 0.15) is 19.4 Å². The van der Waals surface area contributed by atoms with E-state index in [-0.39, 0.29) is 11.5 Å². The molecular formula is C17H15N3O3. The van der Waals surface area contributed by atoms with E-state index in [9.17, 15) is 10.1 Å². The van der Waals surface area contributed by atoms with Gasteiger partial charge in [-0.3, -0.25) is 10.1 Å². The lowest BCUT2D eigenvalue weighted by atomic mass is 10.2. The Kier molecular flexibility index (Phi) is 4.95. The lowest BCUT2D eigenvalue weighted by Gasteiger charge is -2.06. The molecule has 0 saturated heterocycles. The molecule has 0 saturated carbocycles. The maximum Gasteiger partial charge on any atom is 0.265 e. The van der Waals surface area contributed by atoms with Gasteiger partial charge in [-0.05, 0) is 32.1 Å². The number of hydrogen-bond acceptors (Lipinski definition) is 4. The van der Waals surface area contributed by atoms with Crippen LogP contribution >= 0.6 is 0 Å². The van der Waals surface area contributed by atoms with E-state index in [0.29, 0.717) is 11.4 Å². The summed E-state index contributed by atoms with van der Waals surface area (Å²) in [7, 11) is 0. The van der Waals surface area contributed by atoms with E-state index >= 15 is 0 Å². The Morgan fingerprint density at radius 2 is 2.30 bits per heavy atom. The van der Waals surface area contributed by atoms with Gasteiger partial charge in [0, 0.05) is 18.5 Å². The van der Waals surface area contributed by atoms with Crippen molar-refractivity contribution < 1.29 is 9.66 Å². The molecule has 2 aromatic heterocycles. The standard InChI is InChI=1S/C17H15N3O3/c1-4-6-13-11-19-17-16(13)15(9-10-18-17)23-12(3)7-8-14(5-2)20(21)22/h5,7-11H,3H2,1-2H3,(H,18,19)/b8-7-,14-5+. The average molecular weight is 309 g/mol. The van der Waals surface area contributed by atoms with Gasteiger partial charge in [-0.2, -0.15) is 0 Å². The van der Waals surface area contributed by atoms with E-state index in [0.717, 1.165) is 10.9 Å². The molecule has 0 bridgehead atoms. The molecule has 0 radical (unpaired) electrons. The summed E-state index contributed by atoms with van der Waals surface area (Å²) in [5, 5.41) is 11.5. The number of nitro groups is 1. The highest BCUT2D eigenvalue weighted by Crippen LogP contribution is 2.28. The number of allylic oxidation sites excluding steroid dienone is 3. The quantitative estimate of drug-likeness (QED) is 0.301. The van der Waals surface area contributed by atoms with Gasteiger partial charge >= 0.3 is 0 Å². The molecule has 116 valence electrons. The topological polar surface area (TPSA) is 81.1 Å². The van der Waals surface area contributed by atoms with Crippen LogP contribution in [-0.2, 0) is 0 Å². The van der Waals surface area contributed by atoms with Gasteiger partial charge in [0.2, 0.25) is 0 Å². The van der Waals surface area contributed by atoms with E-state index in [4.69, 9.17) is 4.74 Å². The summed E-state index contributed by atoms with van der Waals surface area (Å²) in [4.78, 5) is 17.5.